The minimum absolute atomic E-state index is 0.161. The maximum Gasteiger partial charge on any atom is 0.236 e. The second kappa shape index (κ2) is 8.44. The highest BCUT2D eigenvalue weighted by atomic mass is 16.2. The molecule has 2 aromatic rings. The standard InChI is InChI=1S/C22H30N4O/c1-23(2)20-11-9-18(10-12-20)15-25(4)22(27)17-26-14-13-24(3)21-8-6-5-7-19(21)16-26/h5-12H,13-17H2,1-4H3. The number of anilines is 2. The van der Waals surface area contributed by atoms with E-state index in [4.69, 9.17) is 0 Å². The van der Waals surface area contributed by atoms with E-state index < -0.39 is 0 Å². The summed E-state index contributed by atoms with van der Waals surface area (Å²) in [6.45, 7) is 3.73. The first kappa shape index (κ1) is 19.2. The average molecular weight is 367 g/mol. The van der Waals surface area contributed by atoms with Crippen LogP contribution in [-0.4, -0.2) is 63.5 Å². The molecule has 0 spiro atoms. The molecule has 0 fully saturated rings. The van der Waals surface area contributed by atoms with Gasteiger partial charge in [-0.3, -0.25) is 9.69 Å². The summed E-state index contributed by atoms with van der Waals surface area (Å²) in [7, 11) is 8.07. The summed E-state index contributed by atoms with van der Waals surface area (Å²) >= 11 is 0. The van der Waals surface area contributed by atoms with E-state index in [0.717, 1.165) is 25.2 Å². The zero-order valence-electron chi connectivity index (χ0n) is 16.9. The van der Waals surface area contributed by atoms with Crippen LogP contribution in [0.4, 0.5) is 11.4 Å². The molecule has 1 aliphatic heterocycles. The quantitative estimate of drug-likeness (QED) is 0.814. The molecular formula is C22H30N4O. The van der Waals surface area contributed by atoms with Gasteiger partial charge in [-0.1, -0.05) is 30.3 Å². The van der Waals surface area contributed by atoms with Gasteiger partial charge in [-0.2, -0.15) is 0 Å². The predicted octanol–water partition coefficient (Wildman–Crippen LogP) is 2.66. The van der Waals surface area contributed by atoms with E-state index in [0.29, 0.717) is 13.1 Å². The van der Waals surface area contributed by atoms with Gasteiger partial charge in [0.25, 0.3) is 0 Å². The Bertz CT molecular complexity index is 772. The zero-order chi connectivity index (χ0) is 19.4. The lowest BCUT2D eigenvalue weighted by molar-refractivity contribution is -0.131. The molecule has 5 nitrogen and oxygen atoms in total. The molecule has 0 radical (unpaired) electrons. The first-order chi connectivity index (χ1) is 12.9. The lowest BCUT2D eigenvalue weighted by Gasteiger charge is -2.24. The Labute approximate surface area is 162 Å². The van der Waals surface area contributed by atoms with Gasteiger partial charge in [-0.15, -0.1) is 0 Å². The molecule has 0 saturated heterocycles. The van der Waals surface area contributed by atoms with Crippen molar-refractivity contribution in [2.75, 3.05) is 57.6 Å². The van der Waals surface area contributed by atoms with Crippen LogP contribution >= 0.6 is 0 Å². The summed E-state index contributed by atoms with van der Waals surface area (Å²) in [5.74, 6) is 0.161. The highest BCUT2D eigenvalue weighted by Crippen LogP contribution is 2.23. The maximum atomic E-state index is 12.8. The normalized spacial score (nSPS) is 14.4. The summed E-state index contributed by atoms with van der Waals surface area (Å²) in [5, 5.41) is 0. The molecule has 0 aromatic heterocycles. The van der Waals surface area contributed by atoms with E-state index >= 15 is 0 Å². The Hall–Kier alpha value is -2.53. The second-order valence-corrected chi connectivity index (χ2v) is 7.57. The molecule has 2 aromatic carbocycles. The van der Waals surface area contributed by atoms with Gasteiger partial charge in [0.15, 0.2) is 0 Å². The Morgan fingerprint density at radius 2 is 1.70 bits per heavy atom. The summed E-state index contributed by atoms with van der Waals surface area (Å²) < 4.78 is 0. The Morgan fingerprint density at radius 1 is 1.00 bits per heavy atom. The van der Waals surface area contributed by atoms with Crippen molar-refractivity contribution in [1.82, 2.24) is 9.80 Å². The topological polar surface area (TPSA) is 30.0 Å². The molecule has 0 aliphatic carbocycles. The van der Waals surface area contributed by atoms with Crippen LogP contribution in [-0.2, 0) is 17.9 Å². The van der Waals surface area contributed by atoms with E-state index in [1.54, 1.807) is 0 Å². The molecule has 0 N–H and O–H groups in total. The number of benzene rings is 2. The van der Waals surface area contributed by atoms with Gasteiger partial charge < -0.3 is 14.7 Å². The second-order valence-electron chi connectivity index (χ2n) is 7.57. The summed E-state index contributed by atoms with van der Waals surface area (Å²) in [4.78, 5) is 21.2. The number of likely N-dealkylation sites (N-methyl/N-ethyl adjacent to an activating group) is 2. The first-order valence-electron chi connectivity index (χ1n) is 9.45. The number of amides is 1. The van der Waals surface area contributed by atoms with Crippen LogP contribution in [0.3, 0.4) is 0 Å². The van der Waals surface area contributed by atoms with Gasteiger partial charge in [0, 0.05) is 65.7 Å². The fraction of sp³-hybridized carbons (Fsp3) is 0.409. The number of rotatable bonds is 5. The highest BCUT2D eigenvalue weighted by molar-refractivity contribution is 5.78. The van der Waals surface area contributed by atoms with Crippen molar-refractivity contribution in [3.8, 4) is 0 Å². The van der Waals surface area contributed by atoms with Crippen LogP contribution < -0.4 is 9.80 Å². The van der Waals surface area contributed by atoms with Crippen molar-refractivity contribution in [3.63, 3.8) is 0 Å². The largest absolute Gasteiger partial charge is 0.378 e. The number of fused-ring (bicyclic) bond motifs is 1. The minimum Gasteiger partial charge on any atom is -0.378 e. The van der Waals surface area contributed by atoms with Crippen molar-refractivity contribution in [2.24, 2.45) is 0 Å². The molecule has 0 atom stereocenters. The van der Waals surface area contributed by atoms with E-state index in [1.165, 1.54) is 16.9 Å². The van der Waals surface area contributed by atoms with Crippen LogP contribution in [0.5, 0.6) is 0 Å². The van der Waals surface area contributed by atoms with Gasteiger partial charge in [-0.25, -0.2) is 0 Å². The third-order valence-corrected chi connectivity index (χ3v) is 5.21. The Morgan fingerprint density at radius 3 is 2.41 bits per heavy atom. The van der Waals surface area contributed by atoms with E-state index in [2.05, 4.69) is 70.3 Å². The lowest BCUT2D eigenvalue weighted by Crippen LogP contribution is -2.39. The van der Waals surface area contributed by atoms with Crippen LogP contribution in [0.2, 0.25) is 0 Å². The Balaban J connectivity index is 1.59. The molecule has 5 heteroatoms. The molecule has 1 aliphatic rings. The molecule has 0 unspecified atom stereocenters. The van der Waals surface area contributed by atoms with E-state index in [1.807, 2.05) is 26.0 Å². The van der Waals surface area contributed by atoms with Gasteiger partial charge >= 0.3 is 0 Å². The van der Waals surface area contributed by atoms with Gasteiger partial charge in [0.1, 0.15) is 0 Å². The molecular weight excluding hydrogens is 336 g/mol. The van der Waals surface area contributed by atoms with Gasteiger partial charge in [0.2, 0.25) is 5.91 Å². The van der Waals surface area contributed by atoms with Gasteiger partial charge in [-0.05, 0) is 29.3 Å². The third kappa shape index (κ3) is 4.80. The minimum atomic E-state index is 0.161. The summed E-state index contributed by atoms with van der Waals surface area (Å²) in [6.07, 6.45) is 0. The van der Waals surface area contributed by atoms with E-state index in [-0.39, 0.29) is 5.91 Å². The molecule has 27 heavy (non-hydrogen) atoms. The first-order valence-corrected chi connectivity index (χ1v) is 9.45. The van der Waals surface area contributed by atoms with Crippen LogP contribution in [0.1, 0.15) is 11.1 Å². The van der Waals surface area contributed by atoms with Crippen LogP contribution in [0.15, 0.2) is 48.5 Å². The molecule has 1 amide bonds. The average Bonchev–Trinajstić information content (AvgIpc) is 2.81. The number of hydrogen-bond donors (Lipinski definition) is 0. The molecule has 1 heterocycles. The Kier molecular flexibility index (Phi) is 6.01. The monoisotopic (exact) mass is 366 g/mol. The van der Waals surface area contributed by atoms with Crippen molar-refractivity contribution in [1.29, 1.82) is 0 Å². The third-order valence-electron chi connectivity index (χ3n) is 5.21. The summed E-state index contributed by atoms with van der Waals surface area (Å²) in [5.41, 5.74) is 4.87. The highest BCUT2D eigenvalue weighted by Gasteiger charge is 2.20. The number of para-hydroxylation sites is 1. The van der Waals surface area contributed by atoms with Crippen molar-refractivity contribution >= 4 is 17.3 Å². The summed E-state index contributed by atoms with van der Waals surface area (Å²) in [6, 6.07) is 16.8. The van der Waals surface area contributed by atoms with Crippen LogP contribution in [0, 0.1) is 0 Å². The molecule has 0 bridgehead atoms. The molecule has 144 valence electrons. The SMILES string of the molecule is CN(Cc1ccc(N(C)C)cc1)C(=O)CN1CCN(C)c2ccccc2C1. The molecule has 3 rings (SSSR count). The zero-order valence-corrected chi connectivity index (χ0v) is 16.9. The smallest absolute Gasteiger partial charge is 0.236 e. The van der Waals surface area contributed by atoms with E-state index in [9.17, 15) is 4.79 Å². The van der Waals surface area contributed by atoms with Crippen LogP contribution in [0.25, 0.3) is 0 Å². The predicted molar refractivity (Wildman–Crippen MR) is 112 cm³/mol. The van der Waals surface area contributed by atoms with Gasteiger partial charge in [0.05, 0.1) is 6.54 Å². The number of carbonyl (C=O) groups is 1. The maximum absolute atomic E-state index is 12.8. The van der Waals surface area contributed by atoms with Crippen molar-refractivity contribution in [2.45, 2.75) is 13.1 Å². The fourth-order valence-corrected chi connectivity index (χ4v) is 3.46. The van der Waals surface area contributed by atoms with Crippen molar-refractivity contribution in [3.05, 3.63) is 59.7 Å². The van der Waals surface area contributed by atoms with Crippen molar-refractivity contribution < 1.29 is 4.79 Å². The number of carbonyl (C=O) groups excluding carboxylic acids is 1. The molecule has 0 saturated carbocycles. The number of nitrogens with zero attached hydrogens (tertiary/aromatic N) is 4. The fourth-order valence-electron chi connectivity index (χ4n) is 3.46. The lowest BCUT2D eigenvalue weighted by atomic mass is 10.1. The number of hydrogen-bond acceptors (Lipinski definition) is 4.